The Morgan fingerprint density at radius 3 is 2.34 bits per heavy atom. The van der Waals surface area contributed by atoms with Crippen LogP contribution in [0.2, 0.25) is 10.0 Å². The molecule has 0 atom stereocenters. The molecule has 1 aliphatic rings. The van der Waals surface area contributed by atoms with Gasteiger partial charge < -0.3 is 15.3 Å². The van der Waals surface area contributed by atoms with Crippen molar-refractivity contribution < 1.29 is 19.5 Å². The number of hydrogen-bond acceptors (Lipinski definition) is 4. The molecular formula is C29H24Cl2N2O4S. The Bertz CT molecular complexity index is 1530. The minimum absolute atomic E-state index is 0.133. The molecule has 9 heteroatoms. The van der Waals surface area contributed by atoms with Gasteiger partial charge in [-0.1, -0.05) is 41.4 Å². The highest BCUT2D eigenvalue weighted by Crippen LogP contribution is 2.30. The number of fused-ring (bicyclic) bond motifs is 1. The van der Waals surface area contributed by atoms with Crippen molar-refractivity contribution in [2.45, 2.75) is 19.3 Å². The highest BCUT2D eigenvalue weighted by molar-refractivity contribution is 7.21. The molecule has 5 rings (SSSR count). The van der Waals surface area contributed by atoms with E-state index in [-0.39, 0.29) is 22.7 Å². The molecule has 0 saturated carbocycles. The zero-order chi connectivity index (χ0) is 26.8. The molecule has 1 aromatic heterocycles. The van der Waals surface area contributed by atoms with Gasteiger partial charge in [0.25, 0.3) is 11.8 Å². The molecule has 0 unspecified atom stereocenters. The second kappa shape index (κ2) is 11.2. The van der Waals surface area contributed by atoms with Crippen molar-refractivity contribution in [3.8, 4) is 0 Å². The van der Waals surface area contributed by atoms with E-state index in [1.807, 2.05) is 30.3 Å². The van der Waals surface area contributed by atoms with Crippen LogP contribution in [0.3, 0.4) is 0 Å². The van der Waals surface area contributed by atoms with Crippen molar-refractivity contribution in [3.05, 3.63) is 98.3 Å². The maximum Gasteiger partial charge on any atom is 0.337 e. The fourth-order valence-electron chi connectivity index (χ4n) is 4.74. The van der Waals surface area contributed by atoms with Gasteiger partial charge in [-0.25, -0.2) is 4.79 Å². The molecule has 2 heterocycles. The minimum atomic E-state index is -1.22. The largest absolute Gasteiger partial charge is 0.478 e. The number of piperidine rings is 1. The number of nitrogens with zero attached hydrogens (tertiary/aromatic N) is 1. The average Bonchev–Trinajstić information content (AvgIpc) is 3.33. The van der Waals surface area contributed by atoms with Crippen LogP contribution >= 0.6 is 34.5 Å². The van der Waals surface area contributed by atoms with Crippen LogP contribution in [-0.4, -0.2) is 40.9 Å². The van der Waals surface area contributed by atoms with Crippen LogP contribution in [0, 0.1) is 5.92 Å². The number of carboxylic acid groups (broad SMARTS) is 1. The van der Waals surface area contributed by atoms with E-state index in [2.05, 4.69) is 5.32 Å². The number of carboxylic acids is 1. The van der Waals surface area contributed by atoms with Crippen LogP contribution in [0.4, 0.5) is 5.69 Å². The third kappa shape index (κ3) is 5.85. The van der Waals surface area contributed by atoms with Gasteiger partial charge >= 0.3 is 5.97 Å². The molecule has 1 aliphatic heterocycles. The van der Waals surface area contributed by atoms with Gasteiger partial charge in [0.2, 0.25) is 0 Å². The number of likely N-dealkylation sites (tertiary alicyclic amines) is 1. The lowest BCUT2D eigenvalue weighted by molar-refractivity contribution is 0.0690. The van der Waals surface area contributed by atoms with E-state index in [1.165, 1.54) is 29.0 Å². The van der Waals surface area contributed by atoms with Crippen molar-refractivity contribution in [3.63, 3.8) is 0 Å². The van der Waals surface area contributed by atoms with Gasteiger partial charge in [-0.2, -0.15) is 0 Å². The molecule has 0 radical (unpaired) electrons. The van der Waals surface area contributed by atoms with Crippen LogP contribution in [0.5, 0.6) is 0 Å². The summed E-state index contributed by atoms with van der Waals surface area (Å²) in [6, 6.07) is 19.3. The number of benzene rings is 3. The Hall–Kier alpha value is -3.39. The number of nitrogens with one attached hydrogen (secondary N) is 1. The molecule has 0 aliphatic carbocycles. The molecule has 0 bridgehead atoms. The summed E-state index contributed by atoms with van der Waals surface area (Å²) in [5, 5.41) is 14.7. The number of aromatic carboxylic acids is 1. The standard InChI is InChI=1S/C29H24Cl2N2O4S/c30-21-5-1-17(2-6-21)13-18-9-11-33(12-10-18)28(35)20-4-8-24(23(14-20)29(36)37)32-27(34)26-15-19-3-7-22(31)16-25(19)38-26/h1-8,14-16,18H,9-13H2,(H,32,34)(H,36,37). The predicted molar refractivity (Wildman–Crippen MR) is 152 cm³/mol. The summed E-state index contributed by atoms with van der Waals surface area (Å²) in [5.41, 5.74) is 1.51. The van der Waals surface area contributed by atoms with E-state index in [4.69, 9.17) is 23.2 Å². The fraction of sp³-hybridized carbons (Fsp3) is 0.207. The molecular weight excluding hydrogens is 543 g/mol. The van der Waals surface area contributed by atoms with Crippen LogP contribution in [0.15, 0.2) is 66.7 Å². The first kappa shape index (κ1) is 26.2. The van der Waals surface area contributed by atoms with E-state index in [0.717, 1.165) is 29.3 Å². The third-order valence-corrected chi connectivity index (χ3v) is 8.37. The summed E-state index contributed by atoms with van der Waals surface area (Å²) in [4.78, 5) is 40.3. The lowest BCUT2D eigenvalue weighted by atomic mass is 9.90. The fourth-order valence-corrected chi connectivity index (χ4v) is 6.10. The first-order valence-electron chi connectivity index (χ1n) is 12.2. The average molecular weight is 567 g/mol. The van der Waals surface area contributed by atoms with Gasteiger partial charge in [0.1, 0.15) is 0 Å². The highest BCUT2D eigenvalue weighted by Gasteiger charge is 2.25. The summed E-state index contributed by atoms with van der Waals surface area (Å²) in [6.45, 7) is 1.21. The van der Waals surface area contributed by atoms with Crippen molar-refractivity contribution in [2.24, 2.45) is 5.92 Å². The maximum absolute atomic E-state index is 13.2. The number of halogens is 2. The summed E-state index contributed by atoms with van der Waals surface area (Å²) < 4.78 is 0.860. The highest BCUT2D eigenvalue weighted by atomic mass is 35.5. The van der Waals surface area contributed by atoms with Gasteiger partial charge in [0, 0.05) is 33.4 Å². The summed E-state index contributed by atoms with van der Waals surface area (Å²) in [6.07, 6.45) is 2.67. The summed E-state index contributed by atoms with van der Waals surface area (Å²) in [7, 11) is 0. The monoisotopic (exact) mass is 566 g/mol. The number of carbonyl (C=O) groups excluding carboxylic acids is 2. The van der Waals surface area contributed by atoms with Crippen LogP contribution in [0.1, 0.15) is 48.8 Å². The Morgan fingerprint density at radius 2 is 1.63 bits per heavy atom. The molecule has 1 saturated heterocycles. The van der Waals surface area contributed by atoms with E-state index < -0.39 is 11.9 Å². The number of rotatable bonds is 6. The molecule has 1 fully saturated rings. The number of anilines is 1. The minimum Gasteiger partial charge on any atom is -0.478 e. The number of amides is 2. The number of carbonyl (C=O) groups is 3. The second-order valence-corrected chi connectivity index (χ2v) is 11.3. The van der Waals surface area contributed by atoms with E-state index in [9.17, 15) is 19.5 Å². The van der Waals surface area contributed by atoms with Gasteiger partial charge in [-0.05, 0) is 84.7 Å². The van der Waals surface area contributed by atoms with Gasteiger partial charge in [-0.3, -0.25) is 9.59 Å². The Kier molecular flexibility index (Phi) is 7.70. The normalized spacial score (nSPS) is 14.0. The van der Waals surface area contributed by atoms with E-state index in [1.54, 1.807) is 29.2 Å². The molecule has 2 amide bonds. The topological polar surface area (TPSA) is 86.7 Å². The first-order chi connectivity index (χ1) is 18.3. The summed E-state index contributed by atoms with van der Waals surface area (Å²) in [5.74, 6) is -1.39. The van der Waals surface area contributed by atoms with Crippen LogP contribution < -0.4 is 5.32 Å². The van der Waals surface area contributed by atoms with Crippen LogP contribution in [-0.2, 0) is 6.42 Å². The molecule has 194 valence electrons. The third-order valence-electron chi connectivity index (χ3n) is 6.79. The van der Waals surface area contributed by atoms with Gasteiger partial charge in [0.05, 0.1) is 16.1 Å². The second-order valence-electron chi connectivity index (χ2n) is 9.38. The van der Waals surface area contributed by atoms with Gasteiger partial charge in [0.15, 0.2) is 0 Å². The van der Waals surface area contributed by atoms with Crippen molar-refractivity contribution in [2.75, 3.05) is 18.4 Å². The Morgan fingerprint density at radius 1 is 0.921 bits per heavy atom. The Balaban J connectivity index is 1.25. The van der Waals surface area contributed by atoms with Crippen molar-refractivity contribution >= 4 is 68.1 Å². The molecule has 2 N–H and O–H groups in total. The molecule has 38 heavy (non-hydrogen) atoms. The first-order valence-corrected chi connectivity index (χ1v) is 13.8. The van der Waals surface area contributed by atoms with Crippen molar-refractivity contribution in [1.82, 2.24) is 4.90 Å². The van der Waals surface area contributed by atoms with Crippen LogP contribution in [0.25, 0.3) is 10.1 Å². The molecule has 6 nitrogen and oxygen atoms in total. The molecule has 0 spiro atoms. The number of hydrogen-bond donors (Lipinski definition) is 2. The molecule has 4 aromatic rings. The van der Waals surface area contributed by atoms with Crippen molar-refractivity contribution in [1.29, 1.82) is 0 Å². The SMILES string of the molecule is O=C(Nc1ccc(C(=O)N2CCC(Cc3ccc(Cl)cc3)CC2)cc1C(=O)O)c1cc2ccc(Cl)cc2s1. The predicted octanol–water partition coefficient (Wildman–Crippen LogP) is 7.25. The lowest BCUT2D eigenvalue weighted by Crippen LogP contribution is -2.39. The summed E-state index contributed by atoms with van der Waals surface area (Å²) >= 11 is 13.3. The van der Waals surface area contributed by atoms with E-state index >= 15 is 0 Å². The maximum atomic E-state index is 13.2. The zero-order valence-electron chi connectivity index (χ0n) is 20.2. The molecule has 3 aromatic carbocycles. The van der Waals surface area contributed by atoms with Gasteiger partial charge in [-0.15, -0.1) is 11.3 Å². The quantitative estimate of drug-likeness (QED) is 0.257. The zero-order valence-corrected chi connectivity index (χ0v) is 22.6. The van der Waals surface area contributed by atoms with E-state index in [0.29, 0.717) is 33.9 Å². The lowest BCUT2D eigenvalue weighted by Gasteiger charge is -2.32. The smallest absolute Gasteiger partial charge is 0.337 e. The Labute approximate surface area is 233 Å². The number of thiophene rings is 1.